The van der Waals surface area contributed by atoms with Crippen LogP contribution in [-0.2, 0) is 86.4 Å². The molecule has 0 unspecified atom stereocenters. The van der Waals surface area contributed by atoms with E-state index >= 15 is 0 Å². The summed E-state index contributed by atoms with van der Waals surface area (Å²) in [6.07, 6.45) is 2.11. The quantitative estimate of drug-likeness (QED) is 0.0205. The standard InChI is InChI=1S/C76H104N20O15S/c1-39(2)62-74(110)93-58(65(79)101)37-112-38-61(100)87-53(29-42-24-25-43-16-7-8-17-44(43)28-42)69(105)88-52(23-15-27-82-76(80)81)68(104)92-57(36-97)66(102)85-35-60(99)86-51(22-13-14-26-77)67(103)90-56(32-59(78)98)70(106)89-54(30-45-33-83-49-20-11-9-18-47(45)49)71(107)95-64(41(5)6)75(111)96-63(40(3)4)73(109)91-55(72(108)94-62)31-46-34-84-50-21-12-10-19-48(46)50/h7-12,16-21,24-25,28,33-34,39-41,51-58,62-64,83-84,97H,13-15,22-23,26-27,29-32,35-38,77H2,1-6H3,(H2,78,98)(H2,79,101)(H,85,102)(H,86,99)(H,87,100)(H,88,105)(H,89,106)(H,90,103)(H,91,109)(H,92,104)(H,93,110)(H,94,108)(H,95,107)(H,96,111)(H4,80,81,82)/t51-,52-,53-,54-,55+,56-,57-,58-,62-,63-,64-/m0/s1. The number of benzene rings is 4. The number of carbonyl (C=O) groups excluding carboxylic acids is 14. The lowest BCUT2D eigenvalue weighted by Crippen LogP contribution is -2.62. The molecule has 25 N–H and O–H groups in total. The molecule has 1 aliphatic rings. The Morgan fingerprint density at radius 1 is 0.491 bits per heavy atom. The van der Waals surface area contributed by atoms with E-state index in [9.17, 15) is 72.2 Å². The number of fused-ring (bicyclic) bond motifs is 3. The van der Waals surface area contributed by atoms with Gasteiger partial charge in [-0.2, -0.15) is 0 Å². The lowest BCUT2D eigenvalue weighted by Gasteiger charge is -2.30. The lowest BCUT2D eigenvalue weighted by atomic mass is 9.97. The molecule has 4 aromatic carbocycles. The summed E-state index contributed by atoms with van der Waals surface area (Å²) >= 11 is 0.848. The van der Waals surface area contributed by atoms with Gasteiger partial charge >= 0.3 is 0 Å². The van der Waals surface area contributed by atoms with Crippen molar-refractivity contribution >= 4 is 133 Å². The van der Waals surface area contributed by atoms with E-state index in [-0.39, 0.29) is 63.8 Å². The van der Waals surface area contributed by atoms with Gasteiger partial charge in [0.1, 0.15) is 66.5 Å². The van der Waals surface area contributed by atoms with Crippen molar-refractivity contribution in [1.29, 1.82) is 5.41 Å². The molecule has 0 bridgehead atoms. The molecule has 7 rings (SSSR count). The summed E-state index contributed by atoms with van der Waals surface area (Å²) in [7, 11) is 0. The van der Waals surface area contributed by atoms with Crippen LogP contribution in [0, 0.1) is 23.2 Å². The van der Waals surface area contributed by atoms with Gasteiger partial charge in [0.15, 0.2) is 5.96 Å². The van der Waals surface area contributed by atoms with Gasteiger partial charge in [0, 0.05) is 65.8 Å². The van der Waals surface area contributed by atoms with Crippen LogP contribution in [0.15, 0.2) is 103 Å². The lowest BCUT2D eigenvalue weighted by molar-refractivity contribution is -0.137. The number of nitrogens with one attached hydrogen (secondary N) is 16. The molecule has 0 saturated carbocycles. The number of aliphatic hydroxyl groups excluding tert-OH is 1. The summed E-state index contributed by atoms with van der Waals surface area (Å²) in [6.45, 7) is 7.94. The molecular weight excluding hydrogens is 1470 g/mol. The van der Waals surface area contributed by atoms with Gasteiger partial charge in [-0.1, -0.05) is 120 Å². The zero-order valence-corrected chi connectivity index (χ0v) is 64.2. The fourth-order valence-corrected chi connectivity index (χ4v) is 13.5. The molecule has 6 aromatic rings. The highest BCUT2D eigenvalue weighted by atomic mass is 32.2. The second-order valence-electron chi connectivity index (χ2n) is 28.6. The molecule has 1 saturated heterocycles. The maximum absolute atomic E-state index is 15.0. The number of H-pyrrole nitrogens is 2. The third-order valence-corrected chi connectivity index (χ3v) is 19.8. The van der Waals surface area contributed by atoms with E-state index < -0.39 is 198 Å². The zero-order valence-electron chi connectivity index (χ0n) is 63.4. The first-order valence-corrected chi connectivity index (χ1v) is 38.2. The van der Waals surface area contributed by atoms with Crippen LogP contribution in [0.25, 0.3) is 32.6 Å². The van der Waals surface area contributed by atoms with Crippen molar-refractivity contribution in [2.24, 2.45) is 40.7 Å². The van der Waals surface area contributed by atoms with Crippen molar-refractivity contribution in [3.05, 3.63) is 120 Å². The Morgan fingerprint density at radius 2 is 0.938 bits per heavy atom. The summed E-state index contributed by atoms with van der Waals surface area (Å²) in [5.41, 5.74) is 25.9. The molecule has 0 aliphatic carbocycles. The first kappa shape index (κ1) is 87.6. The van der Waals surface area contributed by atoms with Crippen LogP contribution in [0.4, 0.5) is 0 Å². The SMILES string of the molecule is CC(C)[C@@H]1NC(=O)[C@H](Cc2c[nH]c3ccccc23)NC(=O)[C@H](CC(N)=O)NC(=O)[C@H](CCCCN)NC(=O)CNC(=O)[C@H](CO)NC(=O)[C@H](CCCNC(=N)N)NC(=O)[C@H](Cc2ccc3ccccc3c2)NC(=O)CSC[C@@H](C(N)=O)NC(=O)[C@H](C(C)C)NC(=O)[C@@H](Cc2c[nH]c3ccccc23)NC(=O)[C@H](C(C)C)NC1=O. The second-order valence-corrected chi connectivity index (χ2v) is 29.6. The molecule has 35 nitrogen and oxygen atoms in total. The number of nitrogens with two attached hydrogens (primary N) is 4. The van der Waals surface area contributed by atoms with E-state index in [1.165, 1.54) is 0 Å². The Morgan fingerprint density at radius 3 is 1.48 bits per heavy atom. The monoisotopic (exact) mass is 1570 g/mol. The van der Waals surface area contributed by atoms with Gasteiger partial charge < -0.3 is 107 Å². The highest BCUT2D eigenvalue weighted by Gasteiger charge is 2.39. The average Bonchev–Trinajstić information content (AvgIpc) is 1.58. The molecule has 112 heavy (non-hydrogen) atoms. The number of unbranched alkanes of at least 4 members (excludes halogenated alkanes) is 1. The summed E-state index contributed by atoms with van der Waals surface area (Å²) in [5.74, 6) is -16.7. The number of aromatic amines is 2. The average molecular weight is 1570 g/mol. The van der Waals surface area contributed by atoms with E-state index in [1.54, 1.807) is 121 Å². The number of rotatable bonds is 21. The zero-order chi connectivity index (χ0) is 81.9. The molecule has 0 spiro atoms. The predicted molar refractivity (Wildman–Crippen MR) is 420 cm³/mol. The van der Waals surface area contributed by atoms with Crippen LogP contribution in [0.2, 0.25) is 0 Å². The maximum Gasteiger partial charge on any atom is 0.245 e. The third-order valence-electron chi connectivity index (χ3n) is 18.8. The maximum atomic E-state index is 15.0. The molecule has 3 heterocycles. The molecule has 2 aromatic heterocycles. The van der Waals surface area contributed by atoms with Crippen LogP contribution in [0.1, 0.15) is 96.8 Å². The Balaban J connectivity index is 1.25. The third kappa shape index (κ3) is 26.0. The summed E-state index contributed by atoms with van der Waals surface area (Å²) in [5, 5.41) is 55.1. The first-order chi connectivity index (χ1) is 53.3. The number of guanidine groups is 1. The molecule has 1 fully saturated rings. The Labute approximate surface area is 651 Å². The van der Waals surface area contributed by atoms with Crippen molar-refractivity contribution in [3.8, 4) is 0 Å². The minimum Gasteiger partial charge on any atom is -0.394 e. The van der Waals surface area contributed by atoms with Gasteiger partial charge in [-0.05, 0) is 96.0 Å². The number of carbonyl (C=O) groups is 14. The number of primary amides is 2. The van der Waals surface area contributed by atoms with Crippen LogP contribution in [0.5, 0.6) is 0 Å². The Kier molecular flexibility index (Phi) is 33.2. The predicted octanol–water partition coefficient (Wildman–Crippen LogP) is -2.26. The molecule has 604 valence electrons. The van der Waals surface area contributed by atoms with Gasteiger partial charge in [0.25, 0.3) is 0 Å². The highest BCUT2D eigenvalue weighted by molar-refractivity contribution is 8.00. The summed E-state index contributed by atoms with van der Waals surface area (Å²) in [6, 6.07) is 10.0. The molecule has 11 atom stereocenters. The van der Waals surface area contributed by atoms with Crippen molar-refractivity contribution in [1.82, 2.24) is 79.1 Å². The fourth-order valence-electron chi connectivity index (χ4n) is 12.6. The smallest absolute Gasteiger partial charge is 0.245 e. The number of hydrogen-bond donors (Lipinski definition) is 21. The van der Waals surface area contributed by atoms with Crippen molar-refractivity contribution in [2.75, 3.05) is 37.7 Å². The minimum absolute atomic E-state index is 0.0184. The van der Waals surface area contributed by atoms with Gasteiger partial charge in [-0.25, -0.2) is 0 Å². The van der Waals surface area contributed by atoms with E-state index in [0.717, 1.165) is 22.5 Å². The van der Waals surface area contributed by atoms with Crippen LogP contribution in [-0.4, -0.2) is 208 Å². The number of aromatic nitrogens is 2. The second kappa shape index (κ2) is 42.5. The van der Waals surface area contributed by atoms with Crippen molar-refractivity contribution < 1.29 is 72.2 Å². The van der Waals surface area contributed by atoms with E-state index in [4.69, 9.17) is 28.3 Å². The minimum atomic E-state index is -1.83. The largest absolute Gasteiger partial charge is 0.394 e. The van der Waals surface area contributed by atoms with E-state index in [1.807, 2.05) is 24.3 Å². The van der Waals surface area contributed by atoms with Crippen molar-refractivity contribution in [3.63, 3.8) is 0 Å². The van der Waals surface area contributed by atoms with Crippen LogP contribution in [0.3, 0.4) is 0 Å². The highest BCUT2D eigenvalue weighted by Crippen LogP contribution is 2.23. The van der Waals surface area contributed by atoms with Gasteiger partial charge in [-0.15, -0.1) is 11.8 Å². The number of amides is 14. The molecule has 0 radical (unpaired) electrons. The number of thioether (sulfide) groups is 1. The first-order valence-electron chi connectivity index (χ1n) is 37.1. The van der Waals surface area contributed by atoms with Crippen LogP contribution < -0.4 is 92.1 Å². The van der Waals surface area contributed by atoms with Crippen molar-refractivity contribution in [2.45, 2.75) is 166 Å². The summed E-state index contributed by atoms with van der Waals surface area (Å²) < 4.78 is 0. The van der Waals surface area contributed by atoms with E-state index in [0.29, 0.717) is 44.9 Å². The molecule has 14 amide bonds. The van der Waals surface area contributed by atoms with Gasteiger partial charge in [-0.3, -0.25) is 72.5 Å². The number of aliphatic hydroxyl groups is 1. The van der Waals surface area contributed by atoms with Crippen LogP contribution >= 0.6 is 11.8 Å². The van der Waals surface area contributed by atoms with Gasteiger partial charge in [0.2, 0.25) is 82.7 Å². The number of para-hydroxylation sites is 2. The Hall–Kier alpha value is -11.7. The molecule has 36 heteroatoms. The fraction of sp³-hybridized carbons (Fsp3) is 0.461. The molecular formula is C76H104N20O15S. The molecule has 1 aliphatic heterocycles. The topological polar surface area (TPSA) is 575 Å². The normalized spacial score (nSPS) is 22.9. The Bertz CT molecular complexity index is 4370. The van der Waals surface area contributed by atoms with Gasteiger partial charge in [0.05, 0.1) is 25.3 Å². The number of hydrogen-bond acceptors (Lipinski definition) is 18. The van der Waals surface area contributed by atoms with E-state index in [2.05, 4.69) is 79.1 Å². The summed E-state index contributed by atoms with van der Waals surface area (Å²) in [4.78, 5) is 206.